The zero-order valence-electron chi connectivity index (χ0n) is 18.9. The Morgan fingerprint density at radius 1 is 1.12 bits per heavy atom. The van der Waals surface area contributed by atoms with E-state index in [1.165, 1.54) is 18.2 Å². The normalized spacial score (nSPS) is 17.8. The van der Waals surface area contributed by atoms with Crippen LogP contribution in [-0.2, 0) is 9.53 Å². The highest BCUT2D eigenvalue weighted by Gasteiger charge is 2.22. The van der Waals surface area contributed by atoms with Crippen molar-refractivity contribution in [1.82, 2.24) is 5.32 Å². The van der Waals surface area contributed by atoms with Crippen molar-refractivity contribution in [2.75, 3.05) is 36.5 Å². The van der Waals surface area contributed by atoms with E-state index in [0.717, 1.165) is 51.1 Å². The van der Waals surface area contributed by atoms with E-state index < -0.39 is 4.92 Å². The number of nitro groups is 1. The molecular formula is C25H28N4O5. The summed E-state index contributed by atoms with van der Waals surface area (Å²) in [4.78, 5) is 38.0. The van der Waals surface area contributed by atoms with Crippen LogP contribution in [0.2, 0.25) is 0 Å². The van der Waals surface area contributed by atoms with Crippen LogP contribution in [0.4, 0.5) is 17.1 Å². The molecule has 2 fully saturated rings. The van der Waals surface area contributed by atoms with Crippen molar-refractivity contribution >= 4 is 35.0 Å². The molecule has 2 N–H and O–H groups in total. The zero-order chi connectivity index (χ0) is 23.9. The van der Waals surface area contributed by atoms with Crippen LogP contribution < -0.4 is 15.5 Å². The van der Waals surface area contributed by atoms with Crippen molar-refractivity contribution in [3.05, 3.63) is 69.8 Å². The molecular weight excluding hydrogens is 436 g/mol. The molecule has 0 saturated carbocycles. The third-order valence-corrected chi connectivity index (χ3v) is 6.00. The molecule has 2 aromatic rings. The van der Waals surface area contributed by atoms with Gasteiger partial charge in [0.25, 0.3) is 11.6 Å². The van der Waals surface area contributed by atoms with E-state index in [2.05, 4.69) is 15.5 Å². The fourth-order valence-corrected chi connectivity index (χ4v) is 4.20. The highest BCUT2D eigenvalue weighted by molar-refractivity contribution is 6.05. The van der Waals surface area contributed by atoms with Crippen LogP contribution in [-0.4, -0.2) is 49.1 Å². The summed E-state index contributed by atoms with van der Waals surface area (Å²) in [6.45, 7) is 2.99. The average Bonchev–Trinajstić information content (AvgIpc) is 3.56. The van der Waals surface area contributed by atoms with Gasteiger partial charge in [-0.05, 0) is 67.7 Å². The van der Waals surface area contributed by atoms with Crippen LogP contribution in [0.15, 0.2) is 48.5 Å². The van der Waals surface area contributed by atoms with Gasteiger partial charge in [0.15, 0.2) is 0 Å². The first-order chi connectivity index (χ1) is 16.5. The van der Waals surface area contributed by atoms with Gasteiger partial charge in [-0.3, -0.25) is 19.7 Å². The number of benzene rings is 2. The van der Waals surface area contributed by atoms with Crippen LogP contribution in [0.3, 0.4) is 0 Å². The highest BCUT2D eigenvalue weighted by Crippen LogP contribution is 2.28. The number of hydrogen-bond acceptors (Lipinski definition) is 6. The first-order valence-corrected chi connectivity index (χ1v) is 11.5. The molecule has 0 aromatic heterocycles. The Hall–Kier alpha value is -3.72. The molecule has 2 aliphatic heterocycles. The number of nitro benzene ring substituents is 1. The van der Waals surface area contributed by atoms with Crippen molar-refractivity contribution in [2.24, 2.45) is 0 Å². The van der Waals surface area contributed by atoms with E-state index >= 15 is 0 Å². The van der Waals surface area contributed by atoms with Gasteiger partial charge in [-0.2, -0.15) is 0 Å². The smallest absolute Gasteiger partial charge is 0.269 e. The molecule has 0 spiro atoms. The van der Waals surface area contributed by atoms with Gasteiger partial charge in [-0.1, -0.05) is 0 Å². The van der Waals surface area contributed by atoms with Crippen molar-refractivity contribution in [1.29, 1.82) is 0 Å². The fourth-order valence-electron chi connectivity index (χ4n) is 4.20. The second kappa shape index (κ2) is 10.9. The molecule has 2 aliphatic rings. The third-order valence-electron chi connectivity index (χ3n) is 6.00. The van der Waals surface area contributed by atoms with Gasteiger partial charge in [-0.15, -0.1) is 0 Å². The monoisotopic (exact) mass is 464 g/mol. The Balaban J connectivity index is 1.45. The van der Waals surface area contributed by atoms with Crippen molar-refractivity contribution in [3.8, 4) is 0 Å². The molecule has 4 rings (SSSR count). The lowest BCUT2D eigenvalue weighted by molar-refractivity contribution is -0.384. The summed E-state index contributed by atoms with van der Waals surface area (Å²) >= 11 is 0. The number of amides is 2. The first-order valence-electron chi connectivity index (χ1n) is 11.5. The van der Waals surface area contributed by atoms with Crippen LogP contribution in [0.5, 0.6) is 0 Å². The lowest BCUT2D eigenvalue weighted by atomic mass is 10.1. The van der Waals surface area contributed by atoms with Crippen LogP contribution in [0, 0.1) is 10.1 Å². The summed E-state index contributed by atoms with van der Waals surface area (Å²) in [6.07, 6.45) is 7.10. The average molecular weight is 465 g/mol. The maximum atomic E-state index is 13.0. The molecule has 2 amide bonds. The Labute approximate surface area is 197 Å². The van der Waals surface area contributed by atoms with E-state index in [4.69, 9.17) is 4.74 Å². The number of non-ortho nitro benzene ring substituents is 1. The van der Waals surface area contributed by atoms with Crippen LogP contribution >= 0.6 is 0 Å². The van der Waals surface area contributed by atoms with E-state index in [1.807, 2.05) is 6.07 Å². The van der Waals surface area contributed by atoms with Gasteiger partial charge in [-0.25, -0.2) is 0 Å². The Kier molecular flexibility index (Phi) is 7.54. The highest BCUT2D eigenvalue weighted by atomic mass is 16.6. The number of carbonyl (C=O) groups is 2. The van der Waals surface area contributed by atoms with E-state index in [1.54, 1.807) is 30.3 Å². The SMILES string of the molecule is O=C(/C=C/c1ccc([N+](=O)[O-])cc1)Nc1ccc(N2CCCC2)c(C(=O)NCC2CCCO2)c1. The summed E-state index contributed by atoms with van der Waals surface area (Å²) in [6, 6.07) is 11.3. The number of nitrogens with zero attached hydrogens (tertiary/aromatic N) is 2. The van der Waals surface area contributed by atoms with E-state index in [0.29, 0.717) is 23.4 Å². The van der Waals surface area contributed by atoms with Gasteiger partial charge < -0.3 is 20.3 Å². The Morgan fingerprint density at radius 3 is 2.56 bits per heavy atom. The number of anilines is 2. The molecule has 2 heterocycles. The molecule has 34 heavy (non-hydrogen) atoms. The third kappa shape index (κ3) is 5.99. The van der Waals surface area contributed by atoms with Gasteiger partial charge in [0.2, 0.25) is 5.91 Å². The molecule has 0 radical (unpaired) electrons. The molecule has 0 aliphatic carbocycles. The van der Waals surface area contributed by atoms with E-state index in [9.17, 15) is 19.7 Å². The fraction of sp³-hybridized carbons (Fsp3) is 0.360. The minimum atomic E-state index is -0.472. The Bertz CT molecular complexity index is 1070. The minimum Gasteiger partial charge on any atom is -0.376 e. The van der Waals surface area contributed by atoms with Gasteiger partial charge >= 0.3 is 0 Å². The predicted molar refractivity (Wildman–Crippen MR) is 130 cm³/mol. The summed E-state index contributed by atoms with van der Waals surface area (Å²) in [5, 5.41) is 16.5. The van der Waals surface area contributed by atoms with Crippen molar-refractivity contribution in [3.63, 3.8) is 0 Å². The largest absolute Gasteiger partial charge is 0.376 e. The second-order valence-electron chi connectivity index (χ2n) is 8.44. The molecule has 9 heteroatoms. The second-order valence-corrected chi connectivity index (χ2v) is 8.44. The lowest BCUT2D eigenvalue weighted by Crippen LogP contribution is -2.33. The van der Waals surface area contributed by atoms with E-state index in [-0.39, 0.29) is 23.6 Å². The Morgan fingerprint density at radius 2 is 1.88 bits per heavy atom. The predicted octanol–water partition coefficient (Wildman–Crippen LogP) is 3.76. The number of carbonyl (C=O) groups excluding carboxylic acids is 2. The van der Waals surface area contributed by atoms with Crippen LogP contribution in [0.25, 0.3) is 6.08 Å². The number of rotatable bonds is 8. The molecule has 1 atom stereocenters. The number of nitrogens with one attached hydrogen (secondary N) is 2. The lowest BCUT2D eigenvalue weighted by Gasteiger charge is -2.22. The van der Waals surface area contributed by atoms with Gasteiger partial charge in [0, 0.05) is 55.8 Å². The summed E-state index contributed by atoms with van der Waals surface area (Å²) in [5.41, 5.74) is 2.56. The number of ether oxygens (including phenoxy) is 1. The maximum absolute atomic E-state index is 13.0. The van der Waals surface area contributed by atoms with Gasteiger partial charge in [0.05, 0.1) is 16.6 Å². The quantitative estimate of drug-likeness (QED) is 0.349. The van der Waals surface area contributed by atoms with Gasteiger partial charge in [0.1, 0.15) is 0 Å². The maximum Gasteiger partial charge on any atom is 0.269 e. The molecule has 2 saturated heterocycles. The summed E-state index contributed by atoms with van der Waals surface area (Å²) < 4.78 is 5.60. The molecule has 0 bridgehead atoms. The zero-order valence-corrected chi connectivity index (χ0v) is 18.9. The first kappa shape index (κ1) is 23.4. The minimum absolute atomic E-state index is 0.00927. The standard InChI is InChI=1S/C25H28N4O5/c30-24(12-7-18-5-9-20(10-6-18)29(32)33)27-19-8-11-23(28-13-1-2-14-28)22(16-19)25(31)26-17-21-4-3-15-34-21/h5-12,16,21H,1-4,13-15,17H2,(H,26,31)(H,27,30)/b12-7+. The summed E-state index contributed by atoms with van der Waals surface area (Å²) in [5.74, 6) is -0.548. The molecule has 1 unspecified atom stereocenters. The molecule has 9 nitrogen and oxygen atoms in total. The topological polar surface area (TPSA) is 114 Å². The number of hydrogen-bond donors (Lipinski definition) is 2. The van der Waals surface area contributed by atoms with Crippen LogP contribution in [0.1, 0.15) is 41.6 Å². The van der Waals surface area contributed by atoms with Crippen molar-refractivity contribution in [2.45, 2.75) is 31.8 Å². The molecule has 2 aromatic carbocycles. The van der Waals surface area contributed by atoms with Crippen molar-refractivity contribution < 1.29 is 19.2 Å². The summed E-state index contributed by atoms with van der Waals surface area (Å²) in [7, 11) is 0. The molecule has 178 valence electrons.